The van der Waals surface area contributed by atoms with Gasteiger partial charge in [0.15, 0.2) is 11.8 Å². The highest BCUT2D eigenvalue weighted by atomic mass is 16.5. The van der Waals surface area contributed by atoms with Gasteiger partial charge in [-0.2, -0.15) is 0 Å². The van der Waals surface area contributed by atoms with Gasteiger partial charge in [-0.05, 0) is 6.92 Å². The molecule has 61 valence electrons. The van der Waals surface area contributed by atoms with E-state index in [2.05, 4.69) is 16.2 Å². The van der Waals surface area contributed by atoms with Crippen molar-refractivity contribution in [3.8, 4) is 5.88 Å². The van der Waals surface area contributed by atoms with Crippen LogP contribution in [0.15, 0.2) is 12.4 Å². The van der Waals surface area contributed by atoms with Gasteiger partial charge in [-0.1, -0.05) is 0 Å². The van der Waals surface area contributed by atoms with Gasteiger partial charge in [0.2, 0.25) is 5.88 Å². The summed E-state index contributed by atoms with van der Waals surface area (Å²) < 4.78 is 6.92. The molecule has 0 unspecified atom stereocenters. The topological polar surface area (TPSA) is 39.4 Å². The highest BCUT2D eigenvalue weighted by Crippen LogP contribution is 2.13. The number of rotatable bonds is 1. The number of ether oxygens (including phenoxy) is 1. The third-order valence-corrected chi connectivity index (χ3v) is 1.70. The van der Waals surface area contributed by atoms with Crippen LogP contribution in [0.4, 0.5) is 0 Å². The van der Waals surface area contributed by atoms with Crippen molar-refractivity contribution in [3.63, 3.8) is 0 Å². The molecular weight excluding hydrogens is 154 g/mol. The fourth-order valence-corrected chi connectivity index (χ4v) is 1.14. The Hall–Kier alpha value is -1.58. The number of nitrogens with zero attached hydrogens (tertiary/aromatic N) is 3. The molecule has 0 saturated heterocycles. The third kappa shape index (κ3) is 0.845. The van der Waals surface area contributed by atoms with E-state index in [1.54, 1.807) is 19.5 Å². The van der Waals surface area contributed by atoms with E-state index < -0.39 is 0 Å². The van der Waals surface area contributed by atoms with Gasteiger partial charge in [-0.15, -0.1) is 0 Å². The molecule has 0 aliphatic carbocycles. The molecular formula is C8H8N3O. The number of aromatic nitrogens is 3. The van der Waals surface area contributed by atoms with Crippen LogP contribution in [0.2, 0.25) is 0 Å². The summed E-state index contributed by atoms with van der Waals surface area (Å²) in [5, 5.41) is 0. The second kappa shape index (κ2) is 2.48. The Kier molecular flexibility index (Phi) is 1.46. The number of hydrogen-bond acceptors (Lipinski definition) is 3. The van der Waals surface area contributed by atoms with Crippen LogP contribution in [0, 0.1) is 13.1 Å². The molecule has 2 aromatic heterocycles. The Balaban J connectivity index is 2.83. The number of methoxy groups -OCH3 is 1. The first-order valence-corrected chi connectivity index (χ1v) is 3.57. The van der Waals surface area contributed by atoms with Crippen LogP contribution in [-0.2, 0) is 0 Å². The number of fused-ring (bicyclic) bond motifs is 1. The maximum absolute atomic E-state index is 5.07. The van der Waals surface area contributed by atoms with E-state index in [0.29, 0.717) is 5.88 Å². The van der Waals surface area contributed by atoms with Gasteiger partial charge < -0.3 is 4.74 Å². The minimum Gasteiger partial charge on any atom is -0.480 e. The third-order valence-electron chi connectivity index (χ3n) is 1.70. The number of imidazole rings is 1. The maximum atomic E-state index is 5.07. The molecule has 4 nitrogen and oxygen atoms in total. The van der Waals surface area contributed by atoms with Gasteiger partial charge in [-0.25, -0.2) is 4.98 Å². The molecule has 0 aromatic carbocycles. The second-order valence-corrected chi connectivity index (χ2v) is 2.48. The fraction of sp³-hybridized carbons (Fsp3) is 0.250. The number of aryl methyl sites for hydroxylation is 1. The first kappa shape index (κ1) is 7.09. The average molecular weight is 162 g/mol. The summed E-state index contributed by atoms with van der Waals surface area (Å²) >= 11 is 0. The molecule has 0 fully saturated rings. The van der Waals surface area contributed by atoms with Crippen molar-refractivity contribution in [2.75, 3.05) is 7.11 Å². The minimum absolute atomic E-state index is 0.616. The zero-order chi connectivity index (χ0) is 8.55. The molecule has 2 rings (SSSR count). The van der Waals surface area contributed by atoms with E-state index >= 15 is 0 Å². The quantitative estimate of drug-likeness (QED) is 0.624. The molecule has 0 saturated carbocycles. The molecule has 2 aromatic rings. The molecule has 0 spiro atoms. The summed E-state index contributed by atoms with van der Waals surface area (Å²) in [5.41, 5.74) is 1.74. The highest BCUT2D eigenvalue weighted by Gasteiger charge is 2.04. The smallest absolute Gasteiger partial charge is 0.228 e. The van der Waals surface area contributed by atoms with E-state index in [4.69, 9.17) is 4.74 Å². The predicted octanol–water partition coefficient (Wildman–Crippen LogP) is 0.847. The number of hydrogen-bond donors (Lipinski definition) is 0. The van der Waals surface area contributed by atoms with Gasteiger partial charge in [0, 0.05) is 11.9 Å². The summed E-state index contributed by atoms with van der Waals surface area (Å²) in [7, 11) is 1.60. The second-order valence-electron chi connectivity index (χ2n) is 2.48. The first-order chi connectivity index (χ1) is 5.83. The molecule has 12 heavy (non-hydrogen) atoms. The van der Waals surface area contributed by atoms with E-state index in [1.165, 1.54) is 0 Å². The lowest BCUT2D eigenvalue weighted by Crippen LogP contribution is -1.95. The van der Waals surface area contributed by atoms with E-state index in [0.717, 1.165) is 11.3 Å². The zero-order valence-corrected chi connectivity index (χ0v) is 6.90. The lowest BCUT2D eigenvalue weighted by Gasteiger charge is -2.01. The summed E-state index contributed by atoms with van der Waals surface area (Å²) in [6, 6.07) is 0. The molecule has 0 N–H and O–H groups in total. The van der Waals surface area contributed by atoms with Crippen molar-refractivity contribution < 1.29 is 4.74 Å². The lowest BCUT2D eigenvalue weighted by molar-refractivity contribution is 0.392. The van der Waals surface area contributed by atoms with Crippen molar-refractivity contribution in [2.24, 2.45) is 0 Å². The fourth-order valence-electron chi connectivity index (χ4n) is 1.14. The van der Waals surface area contributed by atoms with Crippen LogP contribution in [0.3, 0.4) is 0 Å². The first-order valence-electron chi connectivity index (χ1n) is 3.57. The summed E-state index contributed by atoms with van der Waals surface area (Å²) in [6.45, 7) is 1.94. The summed E-state index contributed by atoms with van der Waals surface area (Å²) in [5.74, 6) is 0.616. The van der Waals surface area contributed by atoms with Crippen LogP contribution in [0.5, 0.6) is 5.88 Å². The average Bonchev–Trinajstić information content (AvgIpc) is 2.49. The predicted molar refractivity (Wildman–Crippen MR) is 43.1 cm³/mol. The SMILES string of the molecule is COc1[c]nc2cncc(C)n12. The Morgan fingerprint density at radius 3 is 3.08 bits per heavy atom. The molecule has 2 heterocycles. The summed E-state index contributed by atoms with van der Waals surface area (Å²) in [6.07, 6.45) is 6.18. The molecule has 0 amide bonds. The van der Waals surface area contributed by atoms with Crippen LogP contribution in [0.1, 0.15) is 5.69 Å². The molecule has 0 atom stereocenters. The van der Waals surface area contributed by atoms with Crippen molar-refractivity contribution in [1.29, 1.82) is 0 Å². The molecule has 0 aliphatic rings. The van der Waals surface area contributed by atoms with Crippen molar-refractivity contribution in [1.82, 2.24) is 14.4 Å². The van der Waals surface area contributed by atoms with E-state index in [9.17, 15) is 0 Å². The largest absolute Gasteiger partial charge is 0.480 e. The standard InChI is InChI=1S/C8H8N3O/c1-6-3-9-4-7-10-5-8(12-2)11(6)7/h3-4H,1-2H3. The van der Waals surface area contributed by atoms with Crippen molar-refractivity contribution in [2.45, 2.75) is 6.92 Å². The van der Waals surface area contributed by atoms with Crippen LogP contribution < -0.4 is 4.74 Å². The van der Waals surface area contributed by atoms with Crippen molar-refractivity contribution >= 4 is 5.65 Å². The van der Waals surface area contributed by atoms with Crippen LogP contribution in [-0.4, -0.2) is 21.5 Å². The Morgan fingerprint density at radius 2 is 2.33 bits per heavy atom. The Labute approximate surface area is 69.8 Å². The zero-order valence-electron chi connectivity index (χ0n) is 6.90. The monoisotopic (exact) mass is 162 g/mol. The Morgan fingerprint density at radius 1 is 1.50 bits per heavy atom. The minimum atomic E-state index is 0.616. The maximum Gasteiger partial charge on any atom is 0.228 e. The van der Waals surface area contributed by atoms with Crippen molar-refractivity contribution in [3.05, 3.63) is 24.3 Å². The van der Waals surface area contributed by atoms with Crippen LogP contribution >= 0.6 is 0 Å². The lowest BCUT2D eigenvalue weighted by atomic mass is 10.5. The highest BCUT2D eigenvalue weighted by molar-refractivity contribution is 5.40. The van der Waals surface area contributed by atoms with Gasteiger partial charge in [0.25, 0.3) is 0 Å². The Bertz CT molecular complexity index is 408. The van der Waals surface area contributed by atoms with Gasteiger partial charge in [0.1, 0.15) is 0 Å². The van der Waals surface area contributed by atoms with E-state index in [-0.39, 0.29) is 0 Å². The van der Waals surface area contributed by atoms with Gasteiger partial charge in [-0.3, -0.25) is 9.38 Å². The molecule has 0 aliphatic heterocycles. The summed E-state index contributed by atoms with van der Waals surface area (Å²) in [4.78, 5) is 8.00. The normalized spacial score (nSPS) is 10.5. The van der Waals surface area contributed by atoms with Gasteiger partial charge >= 0.3 is 0 Å². The van der Waals surface area contributed by atoms with Gasteiger partial charge in [0.05, 0.1) is 13.3 Å². The van der Waals surface area contributed by atoms with E-state index in [1.807, 2.05) is 11.3 Å². The molecule has 0 bridgehead atoms. The van der Waals surface area contributed by atoms with Crippen LogP contribution in [0.25, 0.3) is 5.65 Å². The molecule has 1 radical (unpaired) electrons. The molecule has 4 heteroatoms.